The number of hydrogen-bond acceptors (Lipinski definition) is 6. The largest absolute Gasteiger partial charge is 0.497 e. The predicted molar refractivity (Wildman–Crippen MR) is 95.5 cm³/mol. The Labute approximate surface area is 156 Å². The Hall–Kier alpha value is -3.06. The van der Waals surface area contributed by atoms with Crippen LogP contribution < -0.4 is 15.0 Å². The molecule has 1 saturated carbocycles. The molecule has 0 aliphatic heterocycles. The molecule has 2 aromatic carbocycles. The number of ether oxygens (including phenoxy) is 3. The molecule has 0 spiro atoms. The van der Waals surface area contributed by atoms with Crippen molar-refractivity contribution in [1.82, 2.24) is 5.48 Å². The number of rotatable bonds is 7. The highest BCUT2D eigenvalue weighted by Crippen LogP contribution is 2.55. The van der Waals surface area contributed by atoms with Crippen molar-refractivity contribution >= 4 is 11.9 Å². The van der Waals surface area contributed by atoms with Crippen LogP contribution in [0, 0.1) is 5.92 Å². The van der Waals surface area contributed by atoms with E-state index in [1.54, 1.807) is 36.9 Å². The fourth-order valence-electron chi connectivity index (χ4n) is 3.29. The van der Waals surface area contributed by atoms with E-state index >= 15 is 0 Å². The number of esters is 1. The molecule has 0 unspecified atom stereocenters. The van der Waals surface area contributed by atoms with Crippen molar-refractivity contribution in [3.63, 3.8) is 0 Å². The van der Waals surface area contributed by atoms with Gasteiger partial charge < -0.3 is 14.2 Å². The molecule has 0 radical (unpaired) electrons. The first-order valence-corrected chi connectivity index (χ1v) is 8.43. The van der Waals surface area contributed by atoms with E-state index in [1.807, 2.05) is 24.3 Å². The molecule has 2 atom stereocenters. The van der Waals surface area contributed by atoms with Crippen molar-refractivity contribution in [2.45, 2.75) is 18.4 Å². The molecule has 1 aliphatic rings. The third kappa shape index (κ3) is 3.59. The van der Waals surface area contributed by atoms with Gasteiger partial charge in [-0.05, 0) is 41.8 Å². The number of benzene rings is 2. The Balaban J connectivity index is 1.80. The summed E-state index contributed by atoms with van der Waals surface area (Å²) in [6.45, 7) is 0.326. The smallest absolute Gasteiger partial charge is 0.317 e. The van der Waals surface area contributed by atoms with Gasteiger partial charge in [-0.2, -0.15) is 0 Å². The summed E-state index contributed by atoms with van der Waals surface area (Å²) >= 11 is 0. The Morgan fingerprint density at radius 3 is 2.59 bits per heavy atom. The van der Waals surface area contributed by atoms with Crippen LogP contribution in [0.25, 0.3) is 0 Å². The van der Waals surface area contributed by atoms with Gasteiger partial charge in [-0.1, -0.05) is 24.3 Å². The highest BCUT2D eigenvalue weighted by atomic mass is 16.5. The first-order valence-electron chi connectivity index (χ1n) is 8.43. The summed E-state index contributed by atoms with van der Waals surface area (Å²) in [7, 11) is 2.88. The maximum absolute atomic E-state index is 12.3. The zero-order valence-corrected chi connectivity index (χ0v) is 15.1. The van der Waals surface area contributed by atoms with Crippen molar-refractivity contribution in [3.8, 4) is 11.5 Å². The molecule has 1 amide bonds. The van der Waals surface area contributed by atoms with Crippen molar-refractivity contribution < 1.29 is 29.0 Å². The molecule has 0 aromatic heterocycles. The van der Waals surface area contributed by atoms with Crippen LogP contribution in [0.3, 0.4) is 0 Å². The van der Waals surface area contributed by atoms with Crippen molar-refractivity contribution in [1.29, 1.82) is 0 Å². The lowest BCUT2D eigenvalue weighted by Crippen LogP contribution is -2.31. The van der Waals surface area contributed by atoms with Crippen LogP contribution in [0.4, 0.5) is 0 Å². The number of nitrogens with one attached hydrogen (secondary N) is 1. The fourth-order valence-corrected chi connectivity index (χ4v) is 3.29. The topological polar surface area (TPSA) is 94.1 Å². The van der Waals surface area contributed by atoms with Gasteiger partial charge in [0.05, 0.1) is 20.1 Å². The Morgan fingerprint density at radius 1 is 1.15 bits per heavy atom. The Morgan fingerprint density at radius 2 is 1.89 bits per heavy atom. The normalized spacial score (nSPS) is 20.5. The minimum absolute atomic E-state index is 0.269. The molecule has 3 rings (SSSR count). The highest BCUT2D eigenvalue weighted by Gasteiger charge is 2.65. The van der Waals surface area contributed by atoms with Crippen LogP contribution in [0.1, 0.15) is 17.5 Å². The molecule has 2 aromatic rings. The van der Waals surface area contributed by atoms with Crippen molar-refractivity contribution in [3.05, 3.63) is 59.7 Å². The maximum atomic E-state index is 12.3. The zero-order chi connectivity index (χ0) is 19.4. The second-order valence-electron chi connectivity index (χ2n) is 6.36. The van der Waals surface area contributed by atoms with Crippen LogP contribution >= 0.6 is 0 Å². The predicted octanol–water partition coefficient (Wildman–Crippen LogP) is 2.21. The minimum atomic E-state index is -1.10. The molecule has 7 nitrogen and oxygen atoms in total. The summed E-state index contributed by atoms with van der Waals surface area (Å²) in [5.74, 6) is -0.494. The van der Waals surface area contributed by atoms with Crippen LogP contribution in [0.2, 0.25) is 0 Å². The third-order valence-electron chi connectivity index (χ3n) is 4.83. The lowest BCUT2D eigenvalue weighted by Gasteiger charge is -2.16. The van der Waals surface area contributed by atoms with E-state index in [2.05, 4.69) is 0 Å². The van der Waals surface area contributed by atoms with Gasteiger partial charge in [0.25, 0.3) is 0 Å². The van der Waals surface area contributed by atoms with Gasteiger partial charge in [-0.15, -0.1) is 0 Å². The molecule has 0 saturated heterocycles. The molecule has 0 heterocycles. The summed E-state index contributed by atoms with van der Waals surface area (Å²) in [6, 6.07) is 14.5. The van der Waals surface area contributed by atoms with E-state index < -0.39 is 23.2 Å². The van der Waals surface area contributed by atoms with Gasteiger partial charge in [0.2, 0.25) is 5.91 Å². The van der Waals surface area contributed by atoms with Gasteiger partial charge in [-0.3, -0.25) is 14.8 Å². The zero-order valence-electron chi connectivity index (χ0n) is 15.1. The Bertz CT molecular complexity index is 852. The monoisotopic (exact) mass is 371 g/mol. The second kappa shape index (κ2) is 7.67. The number of carbonyl (C=O) groups is 2. The van der Waals surface area contributed by atoms with Gasteiger partial charge >= 0.3 is 5.97 Å². The average molecular weight is 371 g/mol. The van der Waals surface area contributed by atoms with Crippen molar-refractivity contribution in [2.75, 3.05) is 14.2 Å². The maximum Gasteiger partial charge on any atom is 0.317 e. The van der Waals surface area contributed by atoms with Crippen LogP contribution in [-0.4, -0.2) is 31.3 Å². The fraction of sp³-hybridized carbons (Fsp3) is 0.300. The van der Waals surface area contributed by atoms with E-state index in [-0.39, 0.29) is 6.42 Å². The van der Waals surface area contributed by atoms with E-state index in [4.69, 9.17) is 19.4 Å². The van der Waals surface area contributed by atoms with E-state index in [1.165, 1.54) is 7.11 Å². The van der Waals surface area contributed by atoms with E-state index in [0.717, 1.165) is 11.3 Å². The molecular formula is C20H21NO6. The SMILES string of the molecule is COC(=O)[C@@]1(c2cccc(OCc3cccc(OC)c3)c2)C[C@@H]1C(=O)NO. The van der Waals surface area contributed by atoms with Crippen molar-refractivity contribution in [2.24, 2.45) is 5.92 Å². The molecule has 1 aliphatic carbocycles. The summed E-state index contributed by atoms with van der Waals surface area (Å²) in [5, 5.41) is 8.90. The van der Waals surface area contributed by atoms with Gasteiger partial charge in [0.15, 0.2) is 0 Å². The lowest BCUT2D eigenvalue weighted by atomic mass is 9.92. The van der Waals surface area contributed by atoms with Gasteiger partial charge in [0, 0.05) is 0 Å². The molecule has 142 valence electrons. The molecule has 2 N–H and O–H groups in total. The molecule has 0 bridgehead atoms. The summed E-state index contributed by atoms with van der Waals surface area (Å²) < 4.78 is 15.9. The standard InChI is InChI=1S/C20H21NO6/c1-25-15-7-3-5-13(9-15)12-27-16-8-4-6-14(10-16)20(19(23)26-2)11-17(20)18(22)21-24/h3-10,17,24H,11-12H2,1-2H3,(H,21,22)/t17-,20-/m1/s1. The number of hydrogen-bond donors (Lipinski definition) is 2. The number of amides is 1. The lowest BCUT2D eigenvalue weighted by molar-refractivity contribution is -0.146. The van der Waals surface area contributed by atoms with Gasteiger partial charge in [0.1, 0.15) is 23.5 Å². The van der Waals surface area contributed by atoms with E-state index in [9.17, 15) is 9.59 Å². The summed E-state index contributed by atoms with van der Waals surface area (Å²) in [5.41, 5.74) is 2.07. The number of carbonyl (C=O) groups excluding carboxylic acids is 2. The second-order valence-corrected chi connectivity index (χ2v) is 6.36. The van der Waals surface area contributed by atoms with Crippen LogP contribution in [0.15, 0.2) is 48.5 Å². The quantitative estimate of drug-likeness (QED) is 0.440. The molecule has 1 fully saturated rings. The molecule has 7 heteroatoms. The Kier molecular flexibility index (Phi) is 5.32. The number of hydroxylamine groups is 1. The van der Waals surface area contributed by atoms with Crippen LogP contribution in [0.5, 0.6) is 11.5 Å². The van der Waals surface area contributed by atoms with Gasteiger partial charge in [-0.25, -0.2) is 5.48 Å². The minimum Gasteiger partial charge on any atom is -0.497 e. The first-order chi connectivity index (χ1) is 13.0. The molecular weight excluding hydrogens is 350 g/mol. The van der Waals surface area contributed by atoms with E-state index in [0.29, 0.717) is 17.9 Å². The highest BCUT2D eigenvalue weighted by molar-refractivity contribution is 5.97. The number of methoxy groups -OCH3 is 2. The summed E-state index contributed by atoms with van der Waals surface area (Å²) in [6.07, 6.45) is 0.269. The molecule has 27 heavy (non-hydrogen) atoms. The third-order valence-corrected chi connectivity index (χ3v) is 4.83. The average Bonchev–Trinajstić information content (AvgIpc) is 3.48. The first kappa shape index (κ1) is 18.7. The van der Waals surface area contributed by atoms with Crippen LogP contribution in [-0.2, 0) is 26.3 Å². The summed E-state index contributed by atoms with van der Waals surface area (Å²) in [4.78, 5) is 24.2.